The first-order valence-electron chi connectivity index (χ1n) is 6.15. The van der Waals surface area contributed by atoms with E-state index >= 15 is 0 Å². The van der Waals surface area contributed by atoms with E-state index < -0.39 is 0 Å². The Hall–Kier alpha value is -1.61. The Kier molecular flexibility index (Phi) is 4.38. The third kappa shape index (κ3) is 4.21. The molecule has 0 bridgehead atoms. The lowest BCUT2D eigenvalue weighted by Crippen LogP contribution is -2.14. The van der Waals surface area contributed by atoms with Crippen LogP contribution in [0, 0.1) is 13.8 Å². The number of anilines is 1. The van der Waals surface area contributed by atoms with Gasteiger partial charge in [-0.2, -0.15) is 0 Å². The molecule has 0 radical (unpaired) electrons. The van der Waals surface area contributed by atoms with E-state index in [1.165, 1.54) is 0 Å². The Balaban J connectivity index is 2.05. The van der Waals surface area contributed by atoms with Crippen molar-refractivity contribution >= 4 is 27.5 Å². The van der Waals surface area contributed by atoms with Gasteiger partial charge in [-0.1, -0.05) is 34.1 Å². The highest BCUT2D eigenvalue weighted by molar-refractivity contribution is 9.10. The van der Waals surface area contributed by atoms with Crippen molar-refractivity contribution in [1.29, 1.82) is 0 Å². The van der Waals surface area contributed by atoms with Gasteiger partial charge in [-0.05, 0) is 54.8 Å². The van der Waals surface area contributed by atoms with Crippen LogP contribution in [0.1, 0.15) is 16.7 Å². The van der Waals surface area contributed by atoms with E-state index in [0.717, 1.165) is 26.9 Å². The molecule has 2 aromatic rings. The van der Waals surface area contributed by atoms with Crippen molar-refractivity contribution in [2.75, 3.05) is 5.32 Å². The summed E-state index contributed by atoms with van der Waals surface area (Å²) in [5, 5.41) is 2.94. The smallest absolute Gasteiger partial charge is 0.228 e. The van der Waals surface area contributed by atoms with Crippen molar-refractivity contribution < 1.29 is 4.79 Å². The van der Waals surface area contributed by atoms with Crippen molar-refractivity contribution in [3.05, 3.63) is 63.6 Å². The second kappa shape index (κ2) is 6.02. The van der Waals surface area contributed by atoms with E-state index in [0.29, 0.717) is 6.42 Å². The third-order valence-corrected chi connectivity index (χ3v) is 3.25. The zero-order valence-corrected chi connectivity index (χ0v) is 12.6. The fourth-order valence-electron chi connectivity index (χ4n) is 2.08. The Morgan fingerprint density at radius 3 is 2.42 bits per heavy atom. The number of aryl methyl sites for hydroxylation is 2. The molecule has 2 aromatic carbocycles. The maximum absolute atomic E-state index is 12.0. The van der Waals surface area contributed by atoms with Gasteiger partial charge in [-0.25, -0.2) is 0 Å². The van der Waals surface area contributed by atoms with Crippen molar-refractivity contribution in [3.63, 3.8) is 0 Å². The van der Waals surface area contributed by atoms with Crippen LogP contribution in [-0.2, 0) is 11.2 Å². The first kappa shape index (κ1) is 13.8. The first-order valence-corrected chi connectivity index (χ1v) is 6.95. The summed E-state index contributed by atoms with van der Waals surface area (Å²) >= 11 is 3.41. The molecule has 0 aliphatic rings. The van der Waals surface area contributed by atoms with Gasteiger partial charge in [0.15, 0.2) is 0 Å². The number of hydrogen-bond donors (Lipinski definition) is 1. The van der Waals surface area contributed by atoms with Crippen LogP contribution < -0.4 is 5.32 Å². The van der Waals surface area contributed by atoms with Gasteiger partial charge in [-0.15, -0.1) is 0 Å². The fraction of sp³-hybridized carbons (Fsp3) is 0.188. The van der Waals surface area contributed by atoms with Gasteiger partial charge < -0.3 is 5.32 Å². The van der Waals surface area contributed by atoms with Gasteiger partial charge in [-0.3, -0.25) is 4.79 Å². The number of halogens is 1. The number of rotatable bonds is 3. The molecule has 0 saturated heterocycles. The number of benzene rings is 2. The van der Waals surface area contributed by atoms with Gasteiger partial charge in [0.05, 0.1) is 6.42 Å². The van der Waals surface area contributed by atoms with E-state index in [9.17, 15) is 4.79 Å². The van der Waals surface area contributed by atoms with Crippen molar-refractivity contribution in [2.24, 2.45) is 0 Å². The summed E-state index contributed by atoms with van der Waals surface area (Å²) in [6.07, 6.45) is 0.381. The lowest BCUT2D eigenvalue weighted by molar-refractivity contribution is -0.115. The molecule has 0 unspecified atom stereocenters. The number of nitrogens with one attached hydrogen (secondary N) is 1. The molecule has 3 heteroatoms. The average molecular weight is 318 g/mol. The molecule has 98 valence electrons. The van der Waals surface area contributed by atoms with Crippen molar-refractivity contribution in [2.45, 2.75) is 20.3 Å². The Morgan fingerprint density at radius 1 is 1.11 bits per heavy atom. The molecule has 0 spiro atoms. The summed E-state index contributed by atoms with van der Waals surface area (Å²) in [5.41, 5.74) is 4.16. The molecule has 0 aliphatic carbocycles. The minimum absolute atomic E-state index is 0.00287. The van der Waals surface area contributed by atoms with Crippen molar-refractivity contribution in [1.82, 2.24) is 0 Å². The molecule has 0 atom stereocenters. The quantitative estimate of drug-likeness (QED) is 0.901. The maximum Gasteiger partial charge on any atom is 0.228 e. The minimum atomic E-state index is 0.00287. The first-order chi connectivity index (χ1) is 9.02. The molecular weight excluding hydrogens is 302 g/mol. The lowest BCUT2D eigenvalue weighted by Gasteiger charge is -2.08. The Bertz CT molecular complexity index is 587. The van der Waals surface area contributed by atoms with Crippen LogP contribution in [0.4, 0.5) is 5.69 Å². The summed E-state index contributed by atoms with van der Waals surface area (Å²) in [6, 6.07) is 13.8. The van der Waals surface area contributed by atoms with Gasteiger partial charge in [0.25, 0.3) is 0 Å². The molecule has 0 heterocycles. The van der Waals surface area contributed by atoms with Crippen LogP contribution in [0.5, 0.6) is 0 Å². The van der Waals surface area contributed by atoms with Gasteiger partial charge in [0.1, 0.15) is 0 Å². The number of carbonyl (C=O) groups excluding carboxylic acids is 1. The Labute approximate surface area is 122 Å². The monoisotopic (exact) mass is 317 g/mol. The third-order valence-electron chi connectivity index (χ3n) is 2.76. The SMILES string of the molecule is Cc1cc(C)cc(NC(=O)Cc2cccc(Br)c2)c1. The van der Waals surface area contributed by atoms with Crippen molar-refractivity contribution in [3.8, 4) is 0 Å². The predicted octanol–water partition coefficient (Wildman–Crippen LogP) is 4.25. The molecule has 1 N–H and O–H groups in total. The van der Waals surface area contributed by atoms with E-state index in [1.54, 1.807) is 0 Å². The van der Waals surface area contributed by atoms with E-state index in [2.05, 4.69) is 27.3 Å². The highest BCUT2D eigenvalue weighted by Crippen LogP contribution is 2.15. The summed E-state index contributed by atoms with van der Waals surface area (Å²) in [6.45, 7) is 4.05. The number of carbonyl (C=O) groups is 1. The zero-order valence-electron chi connectivity index (χ0n) is 11.0. The standard InChI is InChI=1S/C16H16BrNO/c1-11-6-12(2)8-15(7-11)18-16(19)10-13-4-3-5-14(17)9-13/h3-9H,10H2,1-2H3,(H,18,19). The van der Waals surface area contributed by atoms with Crippen LogP contribution in [0.2, 0.25) is 0 Å². The molecule has 2 nitrogen and oxygen atoms in total. The van der Waals surface area contributed by atoms with Crippen LogP contribution >= 0.6 is 15.9 Å². The summed E-state index contributed by atoms with van der Waals surface area (Å²) in [5.74, 6) is 0.00287. The molecule has 1 amide bonds. The van der Waals surface area contributed by atoms with Crippen LogP contribution in [0.15, 0.2) is 46.9 Å². The summed E-state index contributed by atoms with van der Waals surface area (Å²) in [4.78, 5) is 12.0. The summed E-state index contributed by atoms with van der Waals surface area (Å²) < 4.78 is 0.990. The largest absolute Gasteiger partial charge is 0.326 e. The molecule has 0 saturated carbocycles. The molecule has 19 heavy (non-hydrogen) atoms. The molecule has 0 fully saturated rings. The molecular formula is C16H16BrNO. The van der Waals surface area contributed by atoms with E-state index in [-0.39, 0.29) is 5.91 Å². The highest BCUT2D eigenvalue weighted by Gasteiger charge is 2.05. The zero-order chi connectivity index (χ0) is 13.8. The number of hydrogen-bond acceptors (Lipinski definition) is 1. The topological polar surface area (TPSA) is 29.1 Å². The van der Waals surface area contributed by atoms with Gasteiger partial charge in [0.2, 0.25) is 5.91 Å². The average Bonchev–Trinajstić information content (AvgIpc) is 2.26. The lowest BCUT2D eigenvalue weighted by atomic mass is 10.1. The fourth-order valence-corrected chi connectivity index (χ4v) is 2.53. The highest BCUT2D eigenvalue weighted by atomic mass is 79.9. The number of amides is 1. The maximum atomic E-state index is 12.0. The molecule has 2 rings (SSSR count). The Morgan fingerprint density at radius 2 is 1.79 bits per heavy atom. The van der Waals surface area contributed by atoms with Gasteiger partial charge >= 0.3 is 0 Å². The minimum Gasteiger partial charge on any atom is -0.326 e. The van der Waals surface area contributed by atoms with Crippen LogP contribution in [0.3, 0.4) is 0 Å². The normalized spacial score (nSPS) is 10.3. The second-order valence-electron chi connectivity index (χ2n) is 4.73. The van der Waals surface area contributed by atoms with E-state index in [4.69, 9.17) is 0 Å². The summed E-state index contributed by atoms with van der Waals surface area (Å²) in [7, 11) is 0. The van der Waals surface area contributed by atoms with Gasteiger partial charge in [0, 0.05) is 10.2 Å². The predicted molar refractivity (Wildman–Crippen MR) is 82.4 cm³/mol. The molecule has 0 aromatic heterocycles. The molecule has 0 aliphatic heterocycles. The second-order valence-corrected chi connectivity index (χ2v) is 5.65. The van der Waals surface area contributed by atoms with Crippen LogP contribution in [-0.4, -0.2) is 5.91 Å². The van der Waals surface area contributed by atoms with E-state index in [1.807, 2.05) is 50.2 Å². The van der Waals surface area contributed by atoms with Crippen LogP contribution in [0.25, 0.3) is 0 Å².